The van der Waals surface area contributed by atoms with Gasteiger partial charge in [-0.25, -0.2) is 0 Å². The molecule has 0 radical (unpaired) electrons. The molecule has 0 bridgehead atoms. The van der Waals surface area contributed by atoms with E-state index in [1.165, 1.54) is 0 Å². The molecule has 0 aliphatic heterocycles. The van der Waals surface area contributed by atoms with E-state index in [4.69, 9.17) is 0 Å². The van der Waals surface area contributed by atoms with Gasteiger partial charge < -0.3 is 15.6 Å². The van der Waals surface area contributed by atoms with Crippen molar-refractivity contribution in [2.45, 2.75) is 25.8 Å². The molecule has 0 amide bonds. The molecule has 0 aliphatic rings. The van der Waals surface area contributed by atoms with Crippen molar-refractivity contribution in [3.05, 3.63) is 0 Å². The van der Waals surface area contributed by atoms with E-state index in [1.807, 2.05) is 6.92 Å². The fourth-order valence-electron chi connectivity index (χ4n) is 0.681. The lowest BCUT2D eigenvalue weighted by Gasteiger charge is -2.08. The van der Waals surface area contributed by atoms with Crippen molar-refractivity contribution in [1.82, 2.24) is 0 Å². The normalized spacial score (nSPS) is 15.5. The third-order valence-corrected chi connectivity index (χ3v) is 2.96. The predicted octanol–water partition coefficient (Wildman–Crippen LogP) is -2.10. The smallest absolute Gasteiger partial charge is 0.136 e. The molecule has 72 valence electrons. The summed E-state index contributed by atoms with van der Waals surface area (Å²) in [7, 11) is -1.05. The van der Waals surface area contributed by atoms with Crippen molar-refractivity contribution in [2.24, 2.45) is 0 Å². The fraction of sp³-hybridized carbons (Fsp3) is 0.857. The molecule has 0 aromatic rings. The Hall–Kier alpha value is -0.420. The largest absolute Gasteiger partial charge is 0.544 e. The highest BCUT2D eigenvalue weighted by Crippen LogP contribution is 1.92. The van der Waals surface area contributed by atoms with Crippen LogP contribution in [-0.4, -0.2) is 27.7 Å². The number of rotatable bonds is 6. The van der Waals surface area contributed by atoms with Crippen LogP contribution in [0.25, 0.3) is 0 Å². The van der Waals surface area contributed by atoms with Crippen LogP contribution in [0, 0.1) is 0 Å². The van der Waals surface area contributed by atoms with Crippen LogP contribution in [0.1, 0.15) is 19.8 Å². The Balaban J connectivity index is 3.61. The average molecular weight is 193 g/mol. The van der Waals surface area contributed by atoms with Gasteiger partial charge in [-0.1, -0.05) is 13.3 Å². The lowest BCUT2D eigenvalue weighted by molar-refractivity contribution is -0.431. The third kappa shape index (κ3) is 5.26. The number of carbonyl (C=O) groups is 1. The highest BCUT2D eigenvalue weighted by molar-refractivity contribution is 7.85. The van der Waals surface area contributed by atoms with E-state index in [2.05, 4.69) is 5.73 Å². The maximum atomic E-state index is 11.1. The first-order chi connectivity index (χ1) is 5.57. The molecule has 4 nitrogen and oxygen atoms in total. The first-order valence-electron chi connectivity index (χ1n) is 3.96. The standard InChI is InChI=1S/C7H15NO3S/c1-2-3-4-12(11)5-6(8)7(9)10/h6H,2-5,8H2,1H3,(H,9,10)/t6-,12?/m0/s1. The maximum absolute atomic E-state index is 11.1. The van der Waals surface area contributed by atoms with Crippen molar-refractivity contribution in [1.29, 1.82) is 0 Å². The van der Waals surface area contributed by atoms with E-state index in [0.29, 0.717) is 5.75 Å². The van der Waals surface area contributed by atoms with Gasteiger partial charge in [0, 0.05) is 16.6 Å². The Labute approximate surface area is 74.6 Å². The number of hydrogen-bond donors (Lipinski definition) is 1. The number of quaternary nitrogens is 1. The summed E-state index contributed by atoms with van der Waals surface area (Å²) in [4.78, 5) is 10.2. The first kappa shape index (κ1) is 11.6. The summed E-state index contributed by atoms with van der Waals surface area (Å²) in [6.07, 6.45) is 1.84. The molecule has 0 aromatic carbocycles. The van der Waals surface area contributed by atoms with E-state index in [1.54, 1.807) is 0 Å². The monoisotopic (exact) mass is 193 g/mol. The van der Waals surface area contributed by atoms with Gasteiger partial charge in [-0.2, -0.15) is 0 Å². The van der Waals surface area contributed by atoms with Crippen LogP contribution < -0.4 is 10.8 Å². The minimum Gasteiger partial charge on any atom is -0.544 e. The predicted molar refractivity (Wildman–Crippen MR) is 44.5 cm³/mol. The lowest BCUT2D eigenvalue weighted by Crippen LogP contribution is -2.70. The highest BCUT2D eigenvalue weighted by Gasteiger charge is 2.11. The maximum Gasteiger partial charge on any atom is 0.136 e. The minimum absolute atomic E-state index is 0.113. The molecule has 12 heavy (non-hydrogen) atoms. The Kier molecular flexibility index (Phi) is 5.92. The van der Waals surface area contributed by atoms with Crippen LogP contribution in [0.5, 0.6) is 0 Å². The van der Waals surface area contributed by atoms with Crippen molar-refractivity contribution in [2.75, 3.05) is 11.5 Å². The number of carboxylic acid groups (broad SMARTS) is 1. The third-order valence-electron chi connectivity index (χ3n) is 1.45. The minimum atomic E-state index is -1.22. The molecule has 0 rings (SSSR count). The van der Waals surface area contributed by atoms with Gasteiger partial charge in [-0.15, -0.1) is 0 Å². The van der Waals surface area contributed by atoms with Crippen LogP contribution in [0.15, 0.2) is 0 Å². The number of unbranched alkanes of at least 4 members (excludes halogenated alkanes) is 1. The Morgan fingerprint density at radius 3 is 2.67 bits per heavy atom. The Morgan fingerprint density at radius 2 is 2.25 bits per heavy atom. The summed E-state index contributed by atoms with van der Waals surface area (Å²) in [5.74, 6) is -0.544. The molecular weight excluding hydrogens is 178 g/mol. The molecule has 0 aliphatic carbocycles. The lowest BCUT2D eigenvalue weighted by atomic mass is 10.4. The molecule has 0 saturated carbocycles. The molecule has 2 atom stereocenters. The molecular formula is C7H15NO3S. The molecule has 3 N–H and O–H groups in total. The van der Waals surface area contributed by atoms with Gasteiger partial charge in [0.15, 0.2) is 0 Å². The molecule has 0 saturated heterocycles. The Bertz CT molecular complexity index is 172. The SMILES string of the molecule is CCCCS(=O)C[C@H]([NH3+])C(=O)[O-]. The molecule has 0 fully saturated rings. The molecule has 0 heterocycles. The zero-order valence-electron chi connectivity index (χ0n) is 7.25. The highest BCUT2D eigenvalue weighted by atomic mass is 32.2. The number of aliphatic carboxylic acids is 1. The zero-order valence-corrected chi connectivity index (χ0v) is 8.06. The van der Waals surface area contributed by atoms with E-state index in [9.17, 15) is 14.1 Å². The van der Waals surface area contributed by atoms with Gasteiger partial charge in [0.2, 0.25) is 0 Å². The summed E-state index contributed by atoms with van der Waals surface area (Å²) >= 11 is 0. The van der Waals surface area contributed by atoms with E-state index in [0.717, 1.165) is 12.8 Å². The second kappa shape index (κ2) is 6.14. The topological polar surface area (TPSA) is 84.8 Å². The van der Waals surface area contributed by atoms with Crippen molar-refractivity contribution in [3.8, 4) is 0 Å². The van der Waals surface area contributed by atoms with Crippen LogP contribution in [-0.2, 0) is 15.6 Å². The van der Waals surface area contributed by atoms with Crippen LogP contribution >= 0.6 is 0 Å². The van der Waals surface area contributed by atoms with Gasteiger partial charge in [0.25, 0.3) is 0 Å². The summed E-state index contributed by atoms with van der Waals surface area (Å²) in [5, 5.41) is 10.2. The fourth-order valence-corrected chi connectivity index (χ4v) is 2.04. The van der Waals surface area contributed by atoms with Crippen molar-refractivity contribution >= 4 is 16.8 Å². The summed E-state index contributed by atoms with van der Waals surface area (Å²) < 4.78 is 11.1. The van der Waals surface area contributed by atoms with Gasteiger partial charge in [0.05, 0.1) is 5.75 Å². The summed E-state index contributed by atoms with van der Waals surface area (Å²) in [5.41, 5.74) is 3.33. The second-order valence-electron chi connectivity index (χ2n) is 2.68. The molecule has 0 spiro atoms. The summed E-state index contributed by atoms with van der Waals surface area (Å²) in [6.45, 7) is 2.00. The van der Waals surface area contributed by atoms with Gasteiger partial charge in [0.1, 0.15) is 12.0 Å². The quantitative estimate of drug-likeness (QED) is 0.524. The van der Waals surface area contributed by atoms with Crippen LogP contribution in [0.4, 0.5) is 0 Å². The molecule has 5 heteroatoms. The van der Waals surface area contributed by atoms with Crippen molar-refractivity contribution in [3.63, 3.8) is 0 Å². The zero-order chi connectivity index (χ0) is 9.56. The number of hydrogen-bond acceptors (Lipinski definition) is 3. The van der Waals surface area contributed by atoms with Crippen LogP contribution in [0.2, 0.25) is 0 Å². The van der Waals surface area contributed by atoms with Gasteiger partial charge in [-0.3, -0.25) is 4.21 Å². The second-order valence-corrected chi connectivity index (χ2v) is 4.30. The molecule has 1 unspecified atom stereocenters. The van der Waals surface area contributed by atoms with E-state index in [-0.39, 0.29) is 5.75 Å². The van der Waals surface area contributed by atoms with Crippen molar-refractivity contribution < 1.29 is 19.8 Å². The summed E-state index contributed by atoms with van der Waals surface area (Å²) in [6, 6.07) is -0.845. The number of carboxylic acids is 1. The number of carbonyl (C=O) groups excluding carboxylic acids is 1. The van der Waals surface area contributed by atoms with E-state index >= 15 is 0 Å². The van der Waals surface area contributed by atoms with Crippen LogP contribution in [0.3, 0.4) is 0 Å². The van der Waals surface area contributed by atoms with Gasteiger partial charge >= 0.3 is 0 Å². The van der Waals surface area contributed by atoms with Gasteiger partial charge in [-0.05, 0) is 6.42 Å². The Morgan fingerprint density at radius 1 is 1.67 bits per heavy atom. The average Bonchev–Trinajstić information content (AvgIpc) is 2.00. The first-order valence-corrected chi connectivity index (χ1v) is 5.45. The molecule has 0 aromatic heterocycles. The van der Waals surface area contributed by atoms with E-state index < -0.39 is 22.8 Å².